The minimum absolute atomic E-state index is 0.254. The fraction of sp³-hybridized carbons (Fsp3) is 0.0435. The van der Waals surface area contributed by atoms with E-state index in [9.17, 15) is 4.39 Å². The van der Waals surface area contributed by atoms with Gasteiger partial charge in [0.25, 0.3) is 0 Å². The summed E-state index contributed by atoms with van der Waals surface area (Å²) in [6.45, 7) is 2.07. The summed E-state index contributed by atoms with van der Waals surface area (Å²) in [7, 11) is 0. The number of fused-ring (bicyclic) bond motifs is 1. The van der Waals surface area contributed by atoms with Crippen LogP contribution in [0.3, 0.4) is 0 Å². The lowest BCUT2D eigenvalue weighted by Crippen LogP contribution is -1.99. The van der Waals surface area contributed by atoms with Crippen molar-refractivity contribution >= 4 is 11.0 Å². The first-order valence-corrected chi connectivity index (χ1v) is 9.03. The average Bonchev–Trinajstić information content (AvgIpc) is 3.36. The summed E-state index contributed by atoms with van der Waals surface area (Å²) in [5.41, 5.74) is 6.97. The molecule has 3 aromatic carbocycles. The van der Waals surface area contributed by atoms with Crippen LogP contribution in [-0.4, -0.2) is 19.3 Å². The highest BCUT2D eigenvalue weighted by Crippen LogP contribution is 2.27. The molecule has 0 N–H and O–H groups in total. The summed E-state index contributed by atoms with van der Waals surface area (Å²) in [6, 6.07) is 22.8. The Hall–Kier alpha value is -3.73. The molecule has 5 heteroatoms. The first kappa shape index (κ1) is 16.4. The molecular formula is C23H17FN4. The summed E-state index contributed by atoms with van der Waals surface area (Å²) in [5, 5.41) is 4.50. The third-order valence-corrected chi connectivity index (χ3v) is 4.87. The molecule has 0 fully saturated rings. The van der Waals surface area contributed by atoms with E-state index in [1.807, 2.05) is 27.4 Å². The Bertz CT molecular complexity index is 1260. The lowest BCUT2D eigenvalue weighted by molar-refractivity contribution is 0.627. The molecule has 0 amide bonds. The molecule has 5 aromatic rings. The van der Waals surface area contributed by atoms with Crippen LogP contribution in [-0.2, 0) is 0 Å². The first-order chi connectivity index (χ1) is 13.7. The van der Waals surface area contributed by atoms with Gasteiger partial charge in [0.1, 0.15) is 12.1 Å². The molecular weight excluding hydrogens is 351 g/mol. The summed E-state index contributed by atoms with van der Waals surface area (Å²) in [6.07, 6.45) is 3.57. The topological polar surface area (TPSA) is 35.6 Å². The normalized spacial score (nSPS) is 11.2. The van der Waals surface area contributed by atoms with Gasteiger partial charge in [-0.3, -0.25) is 4.57 Å². The van der Waals surface area contributed by atoms with Crippen molar-refractivity contribution in [2.75, 3.05) is 0 Å². The number of aryl methyl sites for hydroxylation is 1. The Morgan fingerprint density at radius 3 is 2.36 bits per heavy atom. The Morgan fingerprint density at radius 1 is 0.821 bits per heavy atom. The summed E-state index contributed by atoms with van der Waals surface area (Å²) in [5.74, 6) is -0.254. The molecule has 0 unspecified atom stereocenters. The Balaban J connectivity index is 1.63. The van der Waals surface area contributed by atoms with Gasteiger partial charge in [0, 0.05) is 11.3 Å². The van der Waals surface area contributed by atoms with E-state index < -0.39 is 0 Å². The van der Waals surface area contributed by atoms with E-state index >= 15 is 0 Å². The zero-order valence-electron chi connectivity index (χ0n) is 15.2. The predicted molar refractivity (Wildman–Crippen MR) is 108 cm³/mol. The quantitative estimate of drug-likeness (QED) is 0.432. The monoisotopic (exact) mass is 368 g/mol. The van der Waals surface area contributed by atoms with Crippen LogP contribution in [0.15, 0.2) is 85.3 Å². The summed E-state index contributed by atoms with van der Waals surface area (Å²) in [4.78, 5) is 4.48. The minimum Gasteiger partial charge on any atom is -0.299 e. The van der Waals surface area contributed by atoms with Gasteiger partial charge >= 0.3 is 0 Å². The maximum Gasteiger partial charge on any atom is 0.123 e. The number of benzene rings is 3. The second-order valence-electron chi connectivity index (χ2n) is 6.76. The Labute approximate surface area is 161 Å². The van der Waals surface area contributed by atoms with Crippen molar-refractivity contribution in [3.8, 4) is 22.6 Å². The molecule has 2 aromatic heterocycles. The standard InChI is InChI=1S/C23H17FN4/c1-16-2-7-20(8-3-16)28-22(12-13-26-28)17-4-11-21-23(14-17)27(15-25-21)19-9-5-18(24)6-10-19/h2-15H,1H3. The highest BCUT2D eigenvalue weighted by molar-refractivity contribution is 5.83. The second-order valence-corrected chi connectivity index (χ2v) is 6.76. The van der Waals surface area contributed by atoms with E-state index in [0.717, 1.165) is 33.7 Å². The van der Waals surface area contributed by atoms with E-state index in [4.69, 9.17) is 0 Å². The first-order valence-electron chi connectivity index (χ1n) is 9.03. The van der Waals surface area contributed by atoms with E-state index in [1.165, 1.54) is 17.7 Å². The van der Waals surface area contributed by atoms with Gasteiger partial charge in [0.15, 0.2) is 0 Å². The lowest BCUT2D eigenvalue weighted by atomic mass is 10.1. The van der Waals surface area contributed by atoms with Gasteiger partial charge in [-0.05, 0) is 61.5 Å². The van der Waals surface area contributed by atoms with Crippen molar-refractivity contribution in [1.29, 1.82) is 0 Å². The van der Waals surface area contributed by atoms with Crippen LogP contribution < -0.4 is 0 Å². The molecule has 0 saturated carbocycles. The Kier molecular flexibility index (Phi) is 3.79. The fourth-order valence-electron chi connectivity index (χ4n) is 3.39. The number of rotatable bonds is 3. The van der Waals surface area contributed by atoms with E-state index in [2.05, 4.69) is 47.3 Å². The van der Waals surface area contributed by atoms with Crippen LogP contribution in [0.5, 0.6) is 0 Å². The van der Waals surface area contributed by atoms with Crippen LogP contribution in [0, 0.1) is 12.7 Å². The molecule has 5 rings (SSSR count). The van der Waals surface area contributed by atoms with Crippen molar-refractivity contribution in [2.45, 2.75) is 6.92 Å². The maximum atomic E-state index is 13.3. The highest BCUT2D eigenvalue weighted by atomic mass is 19.1. The average molecular weight is 368 g/mol. The smallest absolute Gasteiger partial charge is 0.123 e. The van der Waals surface area contributed by atoms with Crippen molar-refractivity contribution in [1.82, 2.24) is 19.3 Å². The fourth-order valence-corrected chi connectivity index (χ4v) is 3.39. The van der Waals surface area contributed by atoms with Crippen molar-refractivity contribution in [2.24, 2.45) is 0 Å². The number of imidazole rings is 1. The van der Waals surface area contributed by atoms with Crippen molar-refractivity contribution < 1.29 is 4.39 Å². The molecule has 0 atom stereocenters. The SMILES string of the molecule is Cc1ccc(-n2nccc2-c2ccc3ncn(-c4ccc(F)cc4)c3c2)cc1. The maximum absolute atomic E-state index is 13.3. The van der Waals surface area contributed by atoms with Gasteiger partial charge in [-0.25, -0.2) is 14.1 Å². The molecule has 0 bridgehead atoms. The number of nitrogens with zero attached hydrogens (tertiary/aromatic N) is 4. The van der Waals surface area contributed by atoms with Crippen LogP contribution in [0.25, 0.3) is 33.7 Å². The van der Waals surface area contributed by atoms with Crippen LogP contribution in [0.2, 0.25) is 0 Å². The molecule has 2 heterocycles. The molecule has 0 spiro atoms. The van der Waals surface area contributed by atoms with Crippen LogP contribution in [0.1, 0.15) is 5.56 Å². The van der Waals surface area contributed by atoms with Crippen LogP contribution in [0.4, 0.5) is 4.39 Å². The third-order valence-electron chi connectivity index (χ3n) is 4.87. The van der Waals surface area contributed by atoms with Gasteiger partial charge in [0.05, 0.1) is 28.6 Å². The van der Waals surface area contributed by atoms with E-state index in [1.54, 1.807) is 24.7 Å². The zero-order valence-corrected chi connectivity index (χ0v) is 15.2. The molecule has 0 aliphatic heterocycles. The number of aromatic nitrogens is 4. The molecule has 0 aliphatic rings. The molecule has 0 saturated heterocycles. The third kappa shape index (κ3) is 2.77. The number of halogens is 1. The van der Waals surface area contributed by atoms with Gasteiger partial charge in [-0.1, -0.05) is 23.8 Å². The summed E-state index contributed by atoms with van der Waals surface area (Å²) >= 11 is 0. The van der Waals surface area contributed by atoms with Crippen molar-refractivity contribution in [3.63, 3.8) is 0 Å². The number of hydrogen-bond donors (Lipinski definition) is 0. The minimum atomic E-state index is -0.254. The van der Waals surface area contributed by atoms with Crippen molar-refractivity contribution in [3.05, 3.63) is 96.7 Å². The van der Waals surface area contributed by atoms with Gasteiger partial charge in [-0.15, -0.1) is 0 Å². The van der Waals surface area contributed by atoms with E-state index in [0.29, 0.717) is 0 Å². The second kappa shape index (κ2) is 6.46. The Morgan fingerprint density at radius 2 is 1.57 bits per heavy atom. The summed E-state index contributed by atoms with van der Waals surface area (Å²) < 4.78 is 17.2. The predicted octanol–water partition coefficient (Wildman–Crippen LogP) is 5.33. The van der Waals surface area contributed by atoms with E-state index in [-0.39, 0.29) is 5.82 Å². The zero-order chi connectivity index (χ0) is 19.1. The van der Waals surface area contributed by atoms with Gasteiger partial charge in [-0.2, -0.15) is 5.10 Å². The largest absolute Gasteiger partial charge is 0.299 e. The van der Waals surface area contributed by atoms with Crippen LogP contribution >= 0.6 is 0 Å². The molecule has 28 heavy (non-hydrogen) atoms. The number of hydrogen-bond acceptors (Lipinski definition) is 2. The van der Waals surface area contributed by atoms with Gasteiger partial charge < -0.3 is 0 Å². The van der Waals surface area contributed by atoms with Gasteiger partial charge in [0.2, 0.25) is 0 Å². The molecule has 0 radical (unpaired) electrons. The molecule has 0 aliphatic carbocycles. The highest BCUT2D eigenvalue weighted by Gasteiger charge is 2.11. The molecule has 4 nitrogen and oxygen atoms in total. The molecule has 136 valence electrons. The lowest BCUT2D eigenvalue weighted by Gasteiger charge is -2.09.